The summed E-state index contributed by atoms with van der Waals surface area (Å²) in [6.45, 7) is 2.30. The topological polar surface area (TPSA) is 63.4 Å². The first kappa shape index (κ1) is 16.0. The van der Waals surface area contributed by atoms with Crippen LogP contribution < -0.4 is 5.73 Å². The van der Waals surface area contributed by atoms with Crippen molar-refractivity contribution >= 4 is 31.6 Å². The number of benzene rings is 2. The van der Waals surface area contributed by atoms with Crippen molar-refractivity contribution in [3.63, 3.8) is 0 Å². The van der Waals surface area contributed by atoms with Crippen LogP contribution in [-0.4, -0.2) is 19.8 Å². The Balaban J connectivity index is 2.28. The smallest absolute Gasteiger partial charge is 0.245 e. The lowest BCUT2D eigenvalue weighted by molar-refractivity contribution is 0.467. The van der Waals surface area contributed by atoms with E-state index in [4.69, 9.17) is 5.73 Å². The summed E-state index contributed by atoms with van der Waals surface area (Å²) in [5.41, 5.74) is 8.13. The maximum atomic E-state index is 12.6. The van der Waals surface area contributed by atoms with Crippen molar-refractivity contribution in [1.29, 1.82) is 0 Å². The van der Waals surface area contributed by atoms with Gasteiger partial charge in [0.25, 0.3) is 0 Å². The Morgan fingerprint density at radius 3 is 2.33 bits per heavy atom. The Kier molecular flexibility index (Phi) is 4.70. The Hall–Kier alpha value is -1.37. The van der Waals surface area contributed by atoms with Crippen molar-refractivity contribution in [3.05, 3.63) is 58.1 Å². The molecule has 21 heavy (non-hydrogen) atoms. The lowest BCUT2D eigenvalue weighted by Gasteiger charge is -2.18. The van der Waals surface area contributed by atoms with E-state index in [9.17, 15) is 8.42 Å². The highest BCUT2D eigenvalue weighted by Crippen LogP contribution is 2.25. The summed E-state index contributed by atoms with van der Waals surface area (Å²) in [7, 11) is -2.05. The van der Waals surface area contributed by atoms with Crippen LogP contribution in [0.1, 0.15) is 11.1 Å². The second-order valence-corrected chi connectivity index (χ2v) is 7.86. The molecule has 112 valence electrons. The van der Waals surface area contributed by atoms with E-state index in [1.807, 2.05) is 31.2 Å². The molecule has 2 aromatic carbocycles. The van der Waals surface area contributed by atoms with Crippen LogP contribution in [0.2, 0.25) is 0 Å². The molecule has 0 amide bonds. The van der Waals surface area contributed by atoms with E-state index in [0.717, 1.165) is 15.6 Å². The van der Waals surface area contributed by atoms with Gasteiger partial charge in [-0.15, -0.1) is 0 Å². The molecule has 6 heteroatoms. The largest absolute Gasteiger partial charge is 0.398 e. The lowest BCUT2D eigenvalue weighted by atomic mass is 10.1. The monoisotopic (exact) mass is 368 g/mol. The second kappa shape index (κ2) is 6.17. The predicted molar refractivity (Wildman–Crippen MR) is 88.4 cm³/mol. The van der Waals surface area contributed by atoms with E-state index in [1.54, 1.807) is 19.2 Å². The molecule has 0 aliphatic carbocycles. The van der Waals surface area contributed by atoms with Crippen LogP contribution in [0.5, 0.6) is 0 Å². The molecule has 0 radical (unpaired) electrons. The summed E-state index contributed by atoms with van der Waals surface area (Å²) < 4.78 is 27.2. The van der Waals surface area contributed by atoms with Crippen LogP contribution in [0, 0.1) is 6.92 Å². The Bertz CT molecular complexity index is 743. The van der Waals surface area contributed by atoms with Crippen molar-refractivity contribution in [2.24, 2.45) is 0 Å². The molecule has 2 N–H and O–H groups in total. The van der Waals surface area contributed by atoms with Gasteiger partial charge in [-0.1, -0.05) is 45.8 Å². The van der Waals surface area contributed by atoms with Gasteiger partial charge in [-0.3, -0.25) is 0 Å². The molecule has 0 aliphatic heterocycles. The quantitative estimate of drug-likeness (QED) is 0.842. The standard InChI is InChI=1S/C15H17BrN2O2S/c1-11-3-5-12(6-4-11)10-18(2)21(19,20)15-8-7-13(16)9-14(15)17/h3-9H,10,17H2,1-2H3. The molecule has 0 fully saturated rings. The number of nitrogens with zero attached hydrogens (tertiary/aromatic N) is 1. The van der Waals surface area contributed by atoms with E-state index in [2.05, 4.69) is 15.9 Å². The second-order valence-electron chi connectivity index (χ2n) is 4.93. The Morgan fingerprint density at radius 1 is 1.14 bits per heavy atom. The lowest BCUT2D eigenvalue weighted by Crippen LogP contribution is -2.27. The molecule has 0 aliphatic rings. The van der Waals surface area contributed by atoms with Gasteiger partial charge in [0.1, 0.15) is 4.90 Å². The molecule has 0 aromatic heterocycles. The summed E-state index contributed by atoms with van der Waals surface area (Å²) in [5.74, 6) is 0. The Morgan fingerprint density at radius 2 is 1.76 bits per heavy atom. The molecule has 2 aromatic rings. The molecule has 0 unspecified atom stereocenters. The molecular formula is C15H17BrN2O2S. The minimum absolute atomic E-state index is 0.125. The number of nitrogen functional groups attached to an aromatic ring is 1. The highest BCUT2D eigenvalue weighted by molar-refractivity contribution is 9.10. The molecular weight excluding hydrogens is 352 g/mol. The first-order valence-corrected chi connectivity index (χ1v) is 8.61. The number of nitrogens with two attached hydrogens (primary N) is 1. The van der Waals surface area contributed by atoms with Gasteiger partial charge in [-0.2, -0.15) is 4.31 Å². The number of aryl methyl sites for hydroxylation is 1. The van der Waals surface area contributed by atoms with Gasteiger partial charge in [0, 0.05) is 18.1 Å². The number of anilines is 1. The minimum atomic E-state index is -3.61. The molecule has 0 saturated carbocycles. The zero-order valence-corrected chi connectivity index (χ0v) is 14.3. The average Bonchev–Trinajstić information content (AvgIpc) is 2.40. The summed E-state index contributed by atoms with van der Waals surface area (Å²) in [6, 6.07) is 12.5. The molecule has 4 nitrogen and oxygen atoms in total. The zero-order valence-electron chi connectivity index (χ0n) is 11.9. The van der Waals surface area contributed by atoms with Crippen molar-refractivity contribution in [3.8, 4) is 0 Å². The normalized spacial score (nSPS) is 11.8. The van der Waals surface area contributed by atoms with Crippen molar-refractivity contribution in [2.75, 3.05) is 12.8 Å². The molecule has 0 heterocycles. The minimum Gasteiger partial charge on any atom is -0.398 e. The van der Waals surface area contributed by atoms with Crippen LogP contribution in [-0.2, 0) is 16.6 Å². The third kappa shape index (κ3) is 3.64. The fourth-order valence-electron chi connectivity index (χ4n) is 1.96. The summed E-state index contributed by atoms with van der Waals surface area (Å²) in [6.07, 6.45) is 0. The molecule has 0 spiro atoms. The van der Waals surface area contributed by atoms with E-state index in [0.29, 0.717) is 6.54 Å². The molecule has 0 saturated heterocycles. The van der Waals surface area contributed by atoms with Gasteiger partial charge in [0.2, 0.25) is 10.0 Å². The fourth-order valence-corrected chi connectivity index (χ4v) is 3.59. The highest BCUT2D eigenvalue weighted by atomic mass is 79.9. The maximum absolute atomic E-state index is 12.6. The van der Waals surface area contributed by atoms with Crippen LogP contribution in [0.3, 0.4) is 0 Å². The molecule has 0 atom stereocenters. The summed E-state index contributed by atoms with van der Waals surface area (Å²) >= 11 is 3.27. The number of rotatable bonds is 4. The number of hydrogen-bond donors (Lipinski definition) is 1. The van der Waals surface area contributed by atoms with Gasteiger partial charge in [-0.25, -0.2) is 8.42 Å². The predicted octanol–water partition coefficient (Wildman–Crippen LogP) is 3.16. The van der Waals surface area contributed by atoms with E-state index < -0.39 is 10.0 Å². The van der Waals surface area contributed by atoms with Gasteiger partial charge >= 0.3 is 0 Å². The van der Waals surface area contributed by atoms with Crippen LogP contribution >= 0.6 is 15.9 Å². The average molecular weight is 369 g/mol. The van der Waals surface area contributed by atoms with Gasteiger partial charge in [0.05, 0.1) is 5.69 Å². The van der Waals surface area contributed by atoms with Crippen molar-refractivity contribution in [1.82, 2.24) is 4.31 Å². The Labute approximate surface area is 133 Å². The van der Waals surface area contributed by atoms with Crippen LogP contribution in [0.25, 0.3) is 0 Å². The number of hydrogen-bond acceptors (Lipinski definition) is 3. The first-order chi connectivity index (χ1) is 9.80. The van der Waals surface area contributed by atoms with E-state index >= 15 is 0 Å². The van der Waals surface area contributed by atoms with Gasteiger partial charge < -0.3 is 5.73 Å². The molecule has 0 bridgehead atoms. The highest BCUT2D eigenvalue weighted by Gasteiger charge is 2.23. The van der Waals surface area contributed by atoms with Gasteiger partial charge in [0.15, 0.2) is 0 Å². The number of halogens is 1. The summed E-state index contributed by atoms with van der Waals surface area (Å²) in [4.78, 5) is 0.125. The third-order valence-electron chi connectivity index (χ3n) is 3.19. The van der Waals surface area contributed by atoms with Crippen molar-refractivity contribution in [2.45, 2.75) is 18.4 Å². The SMILES string of the molecule is Cc1ccc(CN(C)S(=O)(=O)c2ccc(Br)cc2N)cc1. The maximum Gasteiger partial charge on any atom is 0.245 e. The zero-order chi connectivity index (χ0) is 15.6. The third-order valence-corrected chi connectivity index (χ3v) is 5.56. The van der Waals surface area contributed by atoms with Gasteiger partial charge in [-0.05, 0) is 30.7 Å². The fraction of sp³-hybridized carbons (Fsp3) is 0.200. The number of sulfonamides is 1. The van der Waals surface area contributed by atoms with Crippen LogP contribution in [0.4, 0.5) is 5.69 Å². The summed E-state index contributed by atoms with van der Waals surface area (Å²) in [5, 5.41) is 0. The van der Waals surface area contributed by atoms with Crippen LogP contribution in [0.15, 0.2) is 51.8 Å². The first-order valence-electron chi connectivity index (χ1n) is 6.37. The molecule has 2 rings (SSSR count). The van der Waals surface area contributed by atoms with E-state index in [1.165, 1.54) is 10.4 Å². The van der Waals surface area contributed by atoms with Crippen molar-refractivity contribution < 1.29 is 8.42 Å². The van der Waals surface area contributed by atoms with E-state index in [-0.39, 0.29) is 10.6 Å².